The predicted octanol–water partition coefficient (Wildman–Crippen LogP) is 2.24. The Morgan fingerprint density at radius 3 is 2.33 bits per heavy atom. The van der Waals surface area contributed by atoms with Crippen LogP contribution in [-0.2, 0) is 0 Å². The Morgan fingerprint density at radius 2 is 1.92 bits per heavy atom. The molecule has 0 radical (unpaired) electrons. The normalized spacial score (nSPS) is 9.08. The first kappa shape index (κ1) is 8.74. The van der Waals surface area contributed by atoms with Gasteiger partial charge in [-0.05, 0) is 24.3 Å². The van der Waals surface area contributed by atoms with Crippen molar-refractivity contribution in [2.24, 2.45) is 0 Å². The second-order valence-electron chi connectivity index (χ2n) is 2.03. The van der Waals surface area contributed by atoms with Gasteiger partial charge in [0.1, 0.15) is 12.0 Å². The van der Waals surface area contributed by atoms with Crippen LogP contribution in [0.5, 0.6) is 5.75 Å². The molecule has 0 bridgehead atoms. The Morgan fingerprint density at radius 1 is 1.33 bits per heavy atom. The summed E-state index contributed by atoms with van der Waals surface area (Å²) >= 11 is 4.96. The highest BCUT2D eigenvalue weighted by Crippen LogP contribution is 2.11. The standard InChI is InChI=1S/C8H5ClO3/c9-8(11)12-7-3-1-6(5-10)2-4-7/h1-5H. The topological polar surface area (TPSA) is 43.4 Å². The molecule has 0 N–H and O–H groups in total. The smallest absolute Gasteiger partial charge is 0.409 e. The van der Waals surface area contributed by atoms with Gasteiger partial charge in [-0.25, -0.2) is 4.79 Å². The van der Waals surface area contributed by atoms with E-state index in [2.05, 4.69) is 4.74 Å². The van der Waals surface area contributed by atoms with Crippen molar-refractivity contribution in [2.75, 3.05) is 0 Å². The third kappa shape index (κ3) is 2.36. The van der Waals surface area contributed by atoms with Crippen molar-refractivity contribution in [1.82, 2.24) is 0 Å². The van der Waals surface area contributed by atoms with Crippen molar-refractivity contribution in [3.8, 4) is 5.75 Å². The van der Waals surface area contributed by atoms with Crippen molar-refractivity contribution in [2.45, 2.75) is 0 Å². The molecule has 0 aliphatic heterocycles. The maximum Gasteiger partial charge on any atom is 0.409 e. The van der Waals surface area contributed by atoms with Crippen molar-refractivity contribution < 1.29 is 14.3 Å². The van der Waals surface area contributed by atoms with Crippen LogP contribution in [0.4, 0.5) is 4.79 Å². The van der Waals surface area contributed by atoms with Gasteiger partial charge in [0.2, 0.25) is 0 Å². The number of carbonyl (C=O) groups excluding carboxylic acids is 2. The summed E-state index contributed by atoms with van der Waals surface area (Å²) in [5.41, 5.74) is -0.377. The molecule has 0 aromatic heterocycles. The quantitative estimate of drug-likeness (QED) is 0.523. The van der Waals surface area contributed by atoms with Crippen LogP contribution in [0.1, 0.15) is 10.4 Å². The van der Waals surface area contributed by atoms with Gasteiger partial charge in [0.05, 0.1) is 0 Å². The molecule has 4 heteroatoms. The lowest BCUT2D eigenvalue weighted by molar-refractivity contribution is 0.112. The summed E-state index contributed by atoms with van der Waals surface area (Å²) in [6.07, 6.45) is 0.701. The van der Waals surface area contributed by atoms with Gasteiger partial charge in [0, 0.05) is 17.2 Å². The number of carbonyl (C=O) groups is 2. The van der Waals surface area contributed by atoms with E-state index in [-0.39, 0.29) is 0 Å². The molecule has 0 saturated heterocycles. The lowest BCUT2D eigenvalue weighted by Crippen LogP contribution is -1.95. The molecule has 0 aliphatic carbocycles. The van der Waals surface area contributed by atoms with Crippen molar-refractivity contribution in [3.05, 3.63) is 29.8 Å². The Hall–Kier alpha value is -1.35. The number of benzene rings is 1. The van der Waals surface area contributed by atoms with Gasteiger partial charge in [-0.15, -0.1) is 0 Å². The number of ether oxygens (including phenoxy) is 1. The van der Waals surface area contributed by atoms with Gasteiger partial charge in [-0.3, -0.25) is 4.79 Å². The summed E-state index contributed by atoms with van der Waals surface area (Å²) in [6, 6.07) is 6.04. The average Bonchev–Trinajstić information content (AvgIpc) is 2.05. The highest BCUT2D eigenvalue weighted by molar-refractivity contribution is 6.61. The SMILES string of the molecule is O=Cc1ccc(OC(=O)Cl)cc1. The molecule has 0 fully saturated rings. The number of rotatable bonds is 2. The second-order valence-corrected chi connectivity index (χ2v) is 2.34. The van der Waals surface area contributed by atoms with Crippen LogP contribution in [0.2, 0.25) is 0 Å². The molecule has 0 heterocycles. The van der Waals surface area contributed by atoms with Crippen LogP contribution in [0, 0.1) is 0 Å². The third-order valence-corrected chi connectivity index (χ3v) is 1.29. The van der Waals surface area contributed by atoms with Gasteiger partial charge in [0.15, 0.2) is 0 Å². The lowest BCUT2D eigenvalue weighted by Gasteiger charge is -1.97. The van der Waals surface area contributed by atoms with Gasteiger partial charge in [-0.2, -0.15) is 0 Å². The van der Waals surface area contributed by atoms with E-state index in [9.17, 15) is 9.59 Å². The Balaban J connectivity index is 2.77. The second kappa shape index (κ2) is 3.88. The van der Waals surface area contributed by atoms with E-state index in [1.165, 1.54) is 24.3 Å². The van der Waals surface area contributed by atoms with E-state index >= 15 is 0 Å². The largest absolute Gasteiger partial charge is 0.415 e. The molecule has 0 aliphatic rings. The van der Waals surface area contributed by atoms with Crippen LogP contribution >= 0.6 is 11.6 Å². The zero-order valence-corrected chi connectivity index (χ0v) is 6.75. The minimum Gasteiger partial charge on any atom is -0.415 e. The van der Waals surface area contributed by atoms with Crippen LogP contribution in [0.15, 0.2) is 24.3 Å². The van der Waals surface area contributed by atoms with E-state index < -0.39 is 5.43 Å². The summed E-state index contributed by atoms with van der Waals surface area (Å²) in [4.78, 5) is 20.4. The number of hydrogen-bond donors (Lipinski definition) is 0. The average molecular weight is 185 g/mol. The summed E-state index contributed by atoms with van der Waals surface area (Å²) in [6.45, 7) is 0. The molecule has 1 rings (SSSR count). The first-order valence-corrected chi connectivity index (χ1v) is 3.53. The molecule has 0 atom stereocenters. The summed E-state index contributed by atoms with van der Waals surface area (Å²) < 4.78 is 4.52. The Labute approximate surface area is 73.9 Å². The maximum absolute atomic E-state index is 10.2. The van der Waals surface area contributed by atoms with Crippen LogP contribution in [0.25, 0.3) is 0 Å². The molecule has 1 aromatic carbocycles. The lowest BCUT2D eigenvalue weighted by atomic mass is 10.2. The summed E-state index contributed by atoms with van der Waals surface area (Å²) in [5, 5.41) is 0. The molecular weight excluding hydrogens is 180 g/mol. The van der Waals surface area contributed by atoms with Gasteiger partial charge < -0.3 is 4.74 Å². The molecule has 1 aromatic rings. The fourth-order valence-electron chi connectivity index (χ4n) is 0.707. The third-order valence-electron chi connectivity index (χ3n) is 1.21. The number of halogens is 1. The fraction of sp³-hybridized carbons (Fsp3) is 0. The minimum atomic E-state index is -0.895. The van der Waals surface area contributed by atoms with E-state index in [0.717, 1.165) is 0 Å². The highest BCUT2D eigenvalue weighted by Gasteiger charge is 1.98. The number of hydrogen-bond acceptors (Lipinski definition) is 3. The molecule has 3 nitrogen and oxygen atoms in total. The van der Waals surface area contributed by atoms with E-state index in [1.54, 1.807) is 0 Å². The van der Waals surface area contributed by atoms with Crippen molar-refractivity contribution in [1.29, 1.82) is 0 Å². The first-order chi connectivity index (χ1) is 5.72. The van der Waals surface area contributed by atoms with Gasteiger partial charge in [-0.1, -0.05) is 0 Å². The highest BCUT2D eigenvalue weighted by atomic mass is 35.5. The Bertz CT molecular complexity index is 292. The minimum absolute atomic E-state index is 0.320. The molecule has 0 saturated carbocycles. The zero-order valence-electron chi connectivity index (χ0n) is 5.99. The molecule has 0 unspecified atom stereocenters. The van der Waals surface area contributed by atoms with E-state index in [4.69, 9.17) is 11.6 Å². The molecule has 12 heavy (non-hydrogen) atoms. The number of aldehydes is 1. The maximum atomic E-state index is 10.2. The van der Waals surface area contributed by atoms with E-state index in [0.29, 0.717) is 17.6 Å². The molecule has 0 spiro atoms. The van der Waals surface area contributed by atoms with Crippen molar-refractivity contribution in [3.63, 3.8) is 0 Å². The van der Waals surface area contributed by atoms with Gasteiger partial charge in [0.25, 0.3) is 0 Å². The van der Waals surface area contributed by atoms with Crippen LogP contribution in [0.3, 0.4) is 0 Å². The molecule has 0 amide bonds. The van der Waals surface area contributed by atoms with E-state index in [1.807, 2.05) is 0 Å². The van der Waals surface area contributed by atoms with Gasteiger partial charge >= 0.3 is 5.43 Å². The van der Waals surface area contributed by atoms with Crippen molar-refractivity contribution >= 4 is 23.3 Å². The Kier molecular flexibility index (Phi) is 2.82. The summed E-state index contributed by atoms with van der Waals surface area (Å²) in [7, 11) is 0. The first-order valence-electron chi connectivity index (χ1n) is 3.15. The van der Waals surface area contributed by atoms with Crippen LogP contribution < -0.4 is 4.74 Å². The van der Waals surface area contributed by atoms with Crippen LogP contribution in [-0.4, -0.2) is 11.7 Å². The monoisotopic (exact) mass is 184 g/mol. The predicted molar refractivity (Wildman–Crippen MR) is 43.7 cm³/mol. The summed E-state index contributed by atoms with van der Waals surface area (Å²) in [5.74, 6) is 0.320. The molecular formula is C8H5ClO3. The fourth-order valence-corrected chi connectivity index (χ4v) is 0.796. The zero-order chi connectivity index (χ0) is 8.97. The molecule has 62 valence electrons.